The quantitative estimate of drug-likeness (QED) is 0.655. The molecule has 0 bridgehead atoms. The summed E-state index contributed by atoms with van der Waals surface area (Å²) in [4.78, 5) is 24.7. The fourth-order valence-electron chi connectivity index (χ4n) is 4.38. The molecule has 1 amide bonds. The van der Waals surface area contributed by atoms with Gasteiger partial charge in [0.1, 0.15) is 5.69 Å². The van der Waals surface area contributed by atoms with Crippen molar-refractivity contribution in [3.63, 3.8) is 0 Å². The van der Waals surface area contributed by atoms with E-state index in [0.717, 1.165) is 44.3 Å². The van der Waals surface area contributed by atoms with Gasteiger partial charge in [-0.25, -0.2) is 9.97 Å². The van der Waals surface area contributed by atoms with E-state index in [1.165, 1.54) is 6.42 Å². The molecular weight excluding hydrogens is 374 g/mol. The van der Waals surface area contributed by atoms with E-state index in [1.54, 1.807) is 0 Å². The second kappa shape index (κ2) is 10.4. The zero-order valence-corrected chi connectivity index (χ0v) is 18.4. The van der Waals surface area contributed by atoms with Gasteiger partial charge in [-0.1, -0.05) is 52.2 Å². The predicted octanol–water partition coefficient (Wildman–Crippen LogP) is 4.42. The Morgan fingerprint density at radius 3 is 2.47 bits per heavy atom. The molecule has 2 aromatic rings. The Labute approximate surface area is 179 Å². The third kappa shape index (κ3) is 5.27. The fourth-order valence-corrected chi connectivity index (χ4v) is 4.38. The van der Waals surface area contributed by atoms with Crippen LogP contribution in [0.4, 0.5) is 5.82 Å². The highest BCUT2D eigenvalue weighted by Crippen LogP contribution is 2.31. The van der Waals surface area contributed by atoms with E-state index in [4.69, 9.17) is 9.97 Å². The minimum atomic E-state index is -0.962. The molecule has 0 saturated carbocycles. The first-order chi connectivity index (χ1) is 14.5. The number of nitrogens with zero attached hydrogens (tertiary/aromatic N) is 4. The molecule has 2 heterocycles. The molecule has 1 fully saturated rings. The van der Waals surface area contributed by atoms with E-state index < -0.39 is 5.92 Å². The van der Waals surface area contributed by atoms with Gasteiger partial charge in [0.25, 0.3) is 0 Å². The van der Waals surface area contributed by atoms with Crippen molar-refractivity contribution in [2.24, 2.45) is 11.8 Å². The van der Waals surface area contributed by atoms with Crippen LogP contribution in [0.25, 0.3) is 11.0 Å². The molecular formula is C24H33N5O. The molecule has 3 rings (SSSR count). The van der Waals surface area contributed by atoms with Crippen LogP contribution >= 0.6 is 0 Å². The smallest absolute Gasteiger partial charge is 0.243 e. The molecule has 0 spiro atoms. The molecule has 30 heavy (non-hydrogen) atoms. The molecule has 0 radical (unpaired) electrons. The zero-order valence-electron chi connectivity index (χ0n) is 18.4. The van der Waals surface area contributed by atoms with E-state index in [0.29, 0.717) is 35.4 Å². The number of hydrogen-bond donors (Lipinski definition) is 1. The van der Waals surface area contributed by atoms with Crippen molar-refractivity contribution in [2.75, 3.05) is 24.5 Å². The van der Waals surface area contributed by atoms with Crippen molar-refractivity contribution in [1.29, 1.82) is 5.26 Å². The standard InChI is InChI=1S/C24H33N5O/c1-4-5-6-9-12-26-24(30)19(14-25)22-23(29-15-17(2)13-18(3)16-29)28-21-11-8-7-10-20(21)27-22/h7-8,10-11,17-19H,4-6,9,12-13,15-16H2,1-3H3,(H,26,30)/t17-,18+,19-/m1/s1. The van der Waals surface area contributed by atoms with Gasteiger partial charge in [-0.05, 0) is 36.8 Å². The lowest BCUT2D eigenvalue weighted by molar-refractivity contribution is -0.121. The van der Waals surface area contributed by atoms with Gasteiger partial charge >= 0.3 is 0 Å². The first-order valence-corrected chi connectivity index (χ1v) is 11.2. The number of hydrogen-bond acceptors (Lipinski definition) is 5. The Morgan fingerprint density at radius 1 is 1.17 bits per heavy atom. The topological polar surface area (TPSA) is 81.9 Å². The molecule has 3 atom stereocenters. The number of unbranched alkanes of at least 4 members (excludes halogenated alkanes) is 3. The highest BCUT2D eigenvalue weighted by atomic mass is 16.1. The number of amides is 1. The summed E-state index contributed by atoms with van der Waals surface area (Å²) in [5.41, 5.74) is 1.98. The Bertz CT molecular complexity index is 896. The van der Waals surface area contributed by atoms with Gasteiger partial charge in [-0.2, -0.15) is 5.26 Å². The normalized spacial score (nSPS) is 20.0. The molecule has 6 heteroatoms. The first-order valence-electron chi connectivity index (χ1n) is 11.2. The number of rotatable bonds is 8. The number of piperidine rings is 1. The molecule has 0 aliphatic carbocycles. The summed E-state index contributed by atoms with van der Waals surface area (Å²) in [5, 5.41) is 12.8. The van der Waals surface area contributed by atoms with Gasteiger partial charge in [0.05, 0.1) is 17.1 Å². The van der Waals surface area contributed by atoms with Crippen LogP contribution in [0.15, 0.2) is 24.3 Å². The average Bonchev–Trinajstić information content (AvgIpc) is 2.73. The number of nitrogens with one attached hydrogen (secondary N) is 1. The van der Waals surface area contributed by atoms with Crippen molar-refractivity contribution in [3.05, 3.63) is 30.0 Å². The maximum atomic E-state index is 12.9. The molecule has 1 aromatic heterocycles. The van der Waals surface area contributed by atoms with Crippen molar-refractivity contribution in [3.8, 4) is 6.07 Å². The first kappa shape index (κ1) is 22.0. The second-order valence-electron chi connectivity index (χ2n) is 8.69. The van der Waals surface area contributed by atoms with Crippen molar-refractivity contribution < 1.29 is 4.79 Å². The number of carbonyl (C=O) groups is 1. The summed E-state index contributed by atoms with van der Waals surface area (Å²) in [6.45, 7) is 8.95. The van der Waals surface area contributed by atoms with E-state index in [9.17, 15) is 10.1 Å². The predicted molar refractivity (Wildman–Crippen MR) is 120 cm³/mol. The molecule has 160 valence electrons. The highest BCUT2D eigenvalue weighted by Gasteiger charge is 2.31. The van der Waals surface area contributed by atoms with E-state index in [-0.39, 0.29) is 5.91 Å². The van der Waals surface area contributed by atoms with Crippen LogP contribution in [0.2, 0.25) is 0 Å². The van der Waals surface area contributed by atoms with Gasteiger partial charge in [0, 0.05) is 19.6 Å². The lowest BCUT2D eigenvalue weighted by atomic mass is 9.91. The molecule has 1 aliphatic heterocycles. The van der Waals surface area contributed by atoms with Crippen LogP contribution in [-0.4, -0.2) is 35.5 Å². The van der Waals surface area contributed by atoms with Gasteiger partial charge in [0.2, 0.25) is 5.91 Å². The largest absolute Gasteiger partial charge is 0.355 e. The van der Waals surface area contributed by atoms with Crippen LogP contribution in [0.3, 0.4) is 0 Å². The van der Waals surface area contributed by atoms with Crippen LogP contribution in [0.5, 0.6) is 0 Å². The average molecular weight is 408 g/mol. The van der Waals surface area contributed by atoms with Gasteiger partial charge < -0.3 is 10.2 Å². The second-order valence-corrected chi connectivity index (χ2v) is 8.69. The number of nitriles is 1. The Balaban J connectivity index is 1.91. The third-order valence-corrected chi connectivity index (χ3v) is 5.74. The van der Waals surface area contributed by atoms with Crippen molar-refractivity contribution in [2.45, 2.75) is 58.8 Å². The number of benzene rings is 1. The van der Waals surface area contributed by atoms with Gasteiger partial charge in [-0.15, -0.1) is 0 Å². The van der Waals surface area contributed by atoms with E-state index in [1.807, 2.05) is 24.3 Å². The number of fused-ring (bicyclic) bond motifs is 1. The van der Waals surface area contributed by atoms with Gasteiger partial charge in [0.15, 0.2) is 11.7 Å². The highest BCUT2D eigenvalue weighted by molar-refractivity contribution is 5.88. The SMILES string of the molecule is CCCCCCNC(=O)[C@H](C#N)c1nc2ccccc2nc1N1C[C@H](C)C[C@H](C)C1. The minimum absolute atomic E-state index is 0.280. The van der Waals surface area contributed by atoms with Crippen LogP contribution in [0, 0.1) is 23.2 Å². The van der Waals surface area contributed by atoms with Crippen LogP contribution in [0.1, 0.15) is 64.5 Å². The monoisotopic (exact) mass is 407 g/mol. The Kier molecular flexibility index (Phi) is 7.62. The van der Waals surface area contributed by atoms with Crippen molar-refractivity contribution in [1.82, 2.24) is 15.3 Å². The molecule has 1 aliphatic rings. The summed E-state index contributed by atoms with van der Waals surface area (Å²) in [7, 11) is 0. The lowest BCUT2D eigenvalue weighted by Crippen LogP contribution is -2.40. The summed E-state index contributed by atoms with van der Waals surface area (Å²) in [5.74, 6) is 0.499. The summed E-state index contributed by atoms with van der Waals surface area (Å²) in [6.07, 6.45) is 5.49. The Morgan fingerprint density at radius 2 is 1.83 bits per heavy atom. The number of anilines is 1. The van der Waals surface area contributed by atoms with Crippen LogP contribution < -0.4 is 10.2 Å². The maximum absolute atomic E-state index is 12.9. The fraction of sp³-hybridized carbons (Fsp3) is 0.583. The number of para-hydroxylation sites is 2. The number of aromatic nitrogens is 2. The lowest BCUT2D eigenvalue weighted by Gasteiger charge is -2.36. The molecule has 1 saturated heterocycles. The Hall–Kier alpha value is -2.68. The summed E-state index contributed by atoms with van der Waals surface area (Å²) in [6, 6.07) is 9.85. The van der Waals surface area contributed by atoms with E-state index >= 15 is 0 Å². The summed E-state index contributed by atoms with van der Waals surface area (Å²) >= 11 is 0. The zero-order chi connectivity index (χ0) is 21.5. The molecule has 0 unspecified atom stereocenters. The van der Waals surface area contributed by atoms with Crippen LogP contribution in [-0.2, 0) is 4.79 Å². The molecule has 1 N–H and O–H groups in total. The maximum Gasteiger partial charge on any atom is 0.243 e. The van der Waals surface area contributed by atoms with E-state index in [2.05, 4.69) is 37.1 Å². The van der Waals surface area contributed by atoms with Gasteiger partial charge in [-0.3, -0.25) is 4.79 Å². The minimum Gasteiger partial charge on any atom is -0.355 e. The third-order valence-electron chi connectivity index (χ3n) is 5.74. The molecule has 1 aromatic carbocycles. The van der Waals surface area contributed by atoms with Crippen molar-refractivity contribution >= 4 is 22.8 Å². The summed E-state index contributed by atoms with van der Waals surface area (Å²) < 4.78 is 0. The molecule has 6 nitrogen and oxygen atoms in total. The number of carbonyl (C=O) groups excluding carboxylic acids is 1.